The first kappa shape index (κ1) is 14.5. The molecular formula is C14H11Br2NOS. The second-order valence-corrected chi connectivity index (χ2v) is 6.19. The molecule has 0 saturated heterocycles. The molecule has 98 valence electrons. The van der Waals surface area contributed by atoms with Crippen molar-refractivity contribution in [3.63, 3.8) is 0 Å². The smallest absolute Gasteiger partial charge is 0.130 e. The fourth-order valence-corrected chi connectivity index (χ4v) is 2.58. The predicted octanol–water partition coefficient (Wildman–Crippen LogP) is 4.42. The van der Waals surface area contributed by atoms with E-state index in [9.17, 15) is 0 Å². The number of rotatable bonds is 4. The lowest BCUT2D eigenvalue weighted by molar-refractivity contribution is 0.305. The van der Waals surface area contributed by atoms with Gasteiger partial charge in [0.05, 0.1) is 5.56 Å². The van der Waals surface area contributed by atoms with Gasteiger partial charge in [0, 0.05) is 8.95 Å². The van der Waals surface area contributed by atoms with Crippen LogP contribution in [0.2, 0.25) is 0 Å². The van der Waals surface area contributed by atoms with E-state index in [1.165, 1.54) is 0 Å². The van der Waals surface area contributed by atoms with Gasteiger partial charge >= 0.3 is 0 Å². The van der Waals surface area contributed by atoms with E-state index in [4.69, 9.17) is 22.7 Å². The van der Waals surface area contributed by atoms with Crippen molar-refractivity contribution >= 4 is 49.1 Å². The van der Waals surface area contributed by atoms with Crippen LogP contribution in [0.4, 0.5) is 0 Å². The van der Waals surface area contributed by atoms with Gasteiger partial charge in [-0.25, -0.2) is 0 Å². The van der Waals surface area contributed by atoms with Gasteiger partial charge in [0.1, 0.15) is 17.3 Å². The molecule has 0 atom stereocenters. The van der Waals surface area contributed by atoms with Gasteiger partial charge in [-0.3, -0.25) is 0 Å². The van der Waals surface area contributed by atoms with Crippen molar-refractivity contribution in [2.24, 2.45) is 5.73 Å². The predicted molar refractivity (Wildman–Crippen MR) is 88.5 cm³/mol. The lowest BCUT2D eigenvalue weighted by Gasteiger charge is -2.11. The van der Waals surface area contributed by atoms with Crippen molar-refractivity contribution < 1.29 is 4.74 Å². The first-order chi connectivity index (χ1) is 9.06. The SMILES string of the molecule is NC(=S)c1cc(Br)ccc1OCc1cccc(Br)c1. The van der Waals surface area contributed by atoms with Gasteiger partial charge < -0.3 is 10.5 Å². The third-order valence-corrected chi connectivity index (χ3v) is 3.70. The molecule has 2 rings (SSSR count). The van der Waals surface area contributed by atoms with Crippen molar-refractivity contribution in [3.05, 3.63) is 62.5 Å². The quantitative estimate of drug-likeness (QED) is 0.771. The first-order valence-electron chi connectivity index (χ1n) is 5.53. The maximum atomic E-state index is 5.79. The minimum atomic E-state index is 0.325. The standard InChI is InChI=1S/C14H11Br2NOS/c15-10-3-1-2-9(6-10)8-18-13-5-4-11(16)7-12(13)14(17)19/h1-7H,8H2,(H2,17,19). The number of nitrogens with two attached hydrogens (primary N) is 1. The molecule has 0 bridgehead atoms. The van der Waals surface area contributed by atoms with E-state index < -0.39 is 0 Å². The zero-order chi connectivity index (χ0) is 13.8. The third-order valence-electron chi connectivity index (χ3n) is 2.49. The highest BCUT2D eigenvalue weighted by atomic mass is 79.9. The number of ether oxygens (including phenoxy) is 1. The van der Waals surface area contributed by atoms with Crippen LogP contribution in [-0.2, 0) is 6.61 Å². The van der Waals surface area contributed by atoms with E-state index in [0.717, 1.165) is 20.1 Å². The second-order valence-electron chi connectivity index (χ2n) is 3.92. The van der Waals surface area contributed by atoms with Gasteiger partial charge in [-0.2, -0.15) is 0 Å². The highest BCUT2D eigenvalue weighted by Crippen LogP contribution is 2.24. The summed E-state index contributed by atoms with van der Waals surface area (Å²) >= 11 is 11.9. The molecule has 2 nitrogen and oxygen atoms in total. The van der Waals surface area contributed by atoms with Gasteiger partial charge in [-0.05, 0) is 35.9 Å². The van der Waals surface area contributed by atoms with Crippen molar-refractivity contribution in [1.82, 2.24) is 0 Å². The van der Waals surface area contributed by atoms with Crippen molar-refractivity contribution in [1.29, 1.82) is 0 Å². The maximum Gasteiger partial charge on any atom is 0.130 e. The molecule has 5 heteroatoms. The van der Waals surface area contributed by atoms with Crippen LogP contribution in [0.3, 0.4) is 0 Å². The van der Waals surface area contributed by atoms with Gasteiger partial charge in [-0.1, -0.05) is 56.2 Å². The molecule has 0 aliphatic heterocycles. The summed E-state index contributed by atoms with van der Waals surface area (Å²) in [6.07, 6.45) is 0. The minimum Gasteiger partial charge on any atom is -0.488 e. The summed E-state index contributed by atoms with van der Waals surface area (Å²) in [7, 11) is 0. The Morgan fingerprint density at radius 3 is 2.53 bits per heavy atom. The fraction of sp³-hybridized carbons (Fsp3) is 0.0714. The molecule has 0 aliphatic rings. The molecule has 0 fully saturated rings. The summed E-state index contributed by atoms with van der Waals surface area (Å²) < 4.78 is 7.73. The van der Waals surface area contributed by atoms with Gasteiger partial charge in [0.25, 0.3) is 0 Å². The largest absolute Gasteiger partial charge is 0.488 e. The van der Waals surface area contributed by atoms with Gasteiger partial charge in [0.15, 0.2) is 0 Å². The minimum absolute atomic E-state index is 0.325. The third kappa shape index (κ3) is 4.03. The van der Waals surface area contributed by atoms with E-state index in [0.29, 0.717) is 17.3 Å². The number of thiocarbonyl (C=S) groups is 1. The normalized spacial score (nSPS) is 10.2. The first-order valence-corrected chi connectivity index (χ1v) is 7.52. The molecule has 0 spiro atoms. The Morgan fingerprint density at radius 1 is 1.11 bits per heavy atom. The lowest BCUT2D eigenvalue weighted by Crippen LogP contribution is -2.11. The van der Waals surface area contributed by atoms with Crippen LogP contribution in [0.5, 0.6) is 5.75 Å². The molecule has 2 N–H and O–H groups in total. The summed E-state index contributed by atoms with van der Waals surface area (Å²) in [4.78, 5) is 0.325. The van der Waals surface area contributed by atoms with Crippen molar-refractivity contribution in [3.8, 4) is 5.75 Å². The molecule has 0 heterocycles. The Morgan fingerprint density at radius 2 is 1.84 bits per heavy atom. The average Bonchev–Trinajstić information content (AvgIpc) is 2.37. The number of halogens is 2. The Hall–Kier alpha value is -0.910. The van der Waals surface area contributed by atoms with E-state index in [-0.39, 0.29) is 0 Å². The van der Waals surface area contributed by atoms with E-state index in [2.05, 4.69) is 31.9 Å². The molecule has 0 aromatic heterocycles. The number of hydrogen-bond donors (Lipinski definition) is 1. The summed E-state index contributed by atoms with van der Waals surface area (Å²) in [5, 5.41) is 0. The molecular weight excluding hydrogens is 390 g/mol. The van der Waals surface area contributed by atoms with E-state index >= 15 is 0 Å². The number of hydrogen-bond acceptors (Lipinski definition) is 2. The van der Waals surface area contributed by atoms with Gasteiger partial charge in [0.2, 0.25) is 0 Å². The summed E-state index contributed by atoms with van der Waals surface area (Å²) in [6, 6.07) is 13.6. The highest BCUT2D eigenvalue weighted by molar-refractivity contribution is 9.10. The highest BCUT2D eigenvalue weighted by Gasteiger charge is 2.07. The van der Waals surface area contributed by atoms with Crippen LogP contribution in [0, 0.1) is 0 Å². The molecule has 0 amide bonds. The van der Waals surface area contributed by atoms with E-state index in [1.54, 1.807) is 0 Å². The summed E-state index contributed by atoms with van der Waals surface area (Å²) in [5.74, 6) is 0.690. The zero-order valence-corrected chi connectivity index (χ0v) is 13.9. The monoisotopic (exact) mass is 399 g/mol. The van der Waals surface area contributed by atoms with Crippen LogP contribution in [0.15, 0.2) is 51.4 Å². The zero-order valence-electron chi connectivity index (χ0n) is 9.90. The van der Waals surface area contributed by atoms with Gasteiger partial charge in [-0.15, -0.1) is 0 Å². The molecule has 19 heavy (non-hydrogen) atoms. The molecule has 0 unspecified atom stereocenters. The lowest BCUT2D eigenvalue weighted by atomic mass is 10.2. The maximum absolute atomic E-state index is 5.79. The van der Waals surface area contributed by atoms with Crippen LogP contribution < -0.4 is 10.5 Å². The van der Waals surface area contributed by atoms with Crippen molar-refractivity contribution in [2.75, 3.05) is 0 Å². The average molecular weight is 401 g/mol. The molecule has 0 radical (unpaired) electrons. The Balaban J connectivity index is 2.17. The topological polar surface area (TPSA) is 35.2 Å². The van der Waals surface area contributed by atoms with Crippen LogP contribution in [0.1, 0.15) is 11.1 Å². The van der Waals surface area contributed by atoms with Crippen LogP contribution in [-0.4, -0.2) is 4.99 Å². The van der Waals surface area contributed by atoms with E-state index in [1.807, 2.05) is 42.5 Å². The Labute approximate surface area is 134 Å². The Kier molecular flexibility index (Phi) is 4.96. The van der Waals surface area contributed by atoms with Crippen LogP contribution >= 0.6 is 44.1 Å². The molecule has 2 aromatic rings. The van der Waals surface area contributed by atoms with Crippen LogP contribution in [0.25, 0.3) is 0 Å². The molecule has 2 aromatic carbocycles. The number of benzene rings is 2. The summed E-state index contributed by atoms with van der Waals surface area (Å²) in [5.41, 5.74) is 7.51. The molecule has 0 saturated carbocycles. The fourth-order valence-electron chi connectivity index (χ4n) is 1.61. The summed E-state index contributed by atoms with van der Waals surface area (Å²) in [6.45, 7) is 0.469. The second kappa shape index (κ2) is 6.50. The van der Waals surface area contributed by atoms with Crippen molar-refractivity contribution in [2.45, 2.75) is 6.61 Å². The molecule has 0 aliphatic carbocycles. The Bertz CT molecular complexity index is 616.